The largest absolute Gasteiger partial charge is 0.442 e. The van der Waals surface area contributed by atoms with E-state index in [9.17, 15) is 9.59 Å². The van der Waals surface area contributed by atoms with E-state index in [1.807, 2.05) is 60.7 Å². The van der Waals surface area contributed by atoms with Crippen LogP contribution in [0.15, 0.2) is 60.7 Å². The molecular weight excluding hydrogens is 304 g/mol. The lowest BCUT2D eigenvalue weighted by molar-refractivity contribution is -0.122. The number of carbonyl (C=O) groups excluding carboxylic acids is 2. The summed E-state index contributed by atoms with van der Waals surface area (Å²) in [6, 6.07) is 19.3. The van der Waals surface area contributed by atoms with Crippen molar-refractivity contribution in [1.29, 1.82) is 0 Å². The topological polar surface area (TPSA) is 58.6 Å². The van der Waals surface area contributed by atoms with Crippen LogP contribution in [0.25, 0.3) is 0 Å². The van der Waals surface area contributed by atoms with Crippen molar-refractivity contribution in [3.8, 4) is 0 Å². The predicted molar refractivity (Wildman–Crippen MR) is 90.6 cm³/mol. The van der Waals surface area contributed by atoms with Crippen LogP contribution in [0.5, 0.6) is 0 Å². The minimum absolute atomic E-state index is 0.0991. The third-order valence-corrected chi connectivity index (χ3v) is 4.09. The zero-order valence-electron chi connectivity index (χ0n) is 13.5. The van der Waals surface area contributed by atoms with Gasteiger partial charge in [-0.1, -0.05) is 60.7 Å². The van der Waals surface area contributed by atoms with Gasteiger partial charge in [0.25, 0.3) is 0 Å². The Morgan fingerprint density at radius 1 is 1.12 bits per heavy atom. The molecule has 0 aromatic heterocycles. The molecule has 0 spiro atoms. The maximum absolute atomic E-state index is 12.8. The van der Waals surface area contributed by atoms with Crippen molar-refractivity contribution in [1.82, 2.24) is 10.2 Å². The van der Waals surface area contributed by atoms with Crippen LogP contribution in [0, 0.1) is 0 Å². The number of hydrogen-bond acceptors (Lipinski definition) is 3. The van der Waals surface area contributed by atoms with Crippen LogP contribution in [-0.2, 0) is 9.53 Å². The Labute approximate surface area is 141 Å². The number of hydrogen-bond donors (Lipinski definition) is 1. The van der Waals surface area contributed by atoms with E-state index in [0.29, 0.717) is 13.1 Å². The highest BCUT2D eigenvalue weighted by Gasteiger charge is 2.30. The van der Waals surface area contributed by atoms with Crippen molar-refractivity contribution in [2.45, 2.75) is 12.0 Å². The second-order valence-corrected chi connectivity index (χ2v) is 5.89. The average Bonchev–Trinajstić information content (AvgIpc) is 2.93. The van der Waals surface area contributed by atoms with Crippen LogP contribution in [-0.4, -0.2) is 43.1 Å². The van der Waals surface area contributed by atoms with E-state index < -0.39 is 0 Å². The van der Waals surface area contributed by atoms with E-state index in [-0.39, 0.29) is 24.0 Å². The Kier molecular flexibility index (Phi) is 4.79. The summed E-state index contributed by atoms with van der Waals surface area (Å²) in [5.41, 5.74) is 1.86. The van der Waals surface area contributed by atoms with Gasteiger partial charge in [-0.05, 0) is 11.1 Å². The van der Waals surface area contributed by atoms with Crippen LogP contribution < -0.4 is 5.32 Å². The number of nitrogens with one attached hydrogen (secondary N) is 1. The molecule has 0 radical (unpaired) electrons. The van der Waals surface area contributed by atoms with Crippen LogP contribution in [0.1, 0.15) is 17.0 Å². The highest BCUT2D eigenvalue weighted by molar-refractivity contribution is 5.87. The molecule has 2 aromatic rings. The Hall–Kier alpha value is -2.82. The van der Waals surface area contributed by atoms with Crippen molar-refractivity contribution in [2.24, 2.45) is 0 Å². The molecule has 2 amide bonds. The van der Waals surface area contributed by atoms with Crippen LogP contribution in [0.4, 0.5) is 4.79 Å². The van der Waals surface area contributed by atoms with Crippen molar-refractivity contribution >= 4 is 12.0 Å². The monoisotopic (exact) mass is 324 g/mol. The Balaban J connectivity index is 1.74. The van der Waals surface area contributed by atoms with E-state index in [4.69, 9.17) is 4.74 Å². The number of cyclic esters (lactones) is 1. The van der Waals surface area contributed by atoms with Crippen LogP contribution in [0.2, 0.25) is 0 Å². The lowest BCUT2D eigenvalue weighted by Gasteiger charge is -2.19. The van der Waals surface area contributed by atoms with Gasteiger partial charge in [0.2, 0.25) is 5.91 Å². The minimum atomic E-state index is -0.387. The average molecular weight is 324 g/mol. The van der Waals surface area contributed by atoms with Gasteiger partial charge < -0.3 is 15.0 Å². The maximum atomic E-state index is 12.8. The summed E-state index contributed by atoms with van der Waals surface area (Å²) in [5, 5.41) is 2.92. The molecule has 1 atom stereocenters. The summed E-state index contributed by atoms with van der Waals surface area (Å²) in [6.45, 7) is 0.797. The molecule has 1 heterocycles. The number of benzene rings is 2. The highest BCUT2D eigenvalue weighted by atomic mass is 16.6. The molecule has 1 aliphatic heterocycles. The van der Waals surface area contributed by atoms with E-state index in [0.717, 1.165) is 11.1 Å². The third-order valence-electron chi connectivity index (χ3n) is 4.09. The standard InChI is InChI=1S/C19H20N2O3/c1-21-13-16(24-19(21)23)12-20-18(22)17(14-8-4-2-5-9-14)15-10-6-3-7-11-15/h2-11,16-17H,12-13H2,1H3,(H,20,22). The lowest BCUT2D eigenvalue weighted by atomic mass is 9.90. The van der Waals surface area contributed by atoms with Gasteiger partial charge in [-0.25, -0.2) is 4.79 Å². The van der Waals surface area contributed by atoms with E-state index >= 15 is 0 Å². The summed E-state index contributed by atoms with van der Waals surface area (Å²) in [4.78, 5) is 25.7. The van der Waals surface area contributed by atoms with E-state index in [2.05, 4.69) is 5.32 Å². The summed E-state index contributed by atoms with van der Waals surface area (Å²) in [6.07, 6.45) is -0.657. The number of ether oxygens (including phenoxy) is 1. The molecule has 0 aliphatic carbocycles. The molecule has 1 N–H and O–H groups in total. The van der Waals surface area contributed by atoms with Gasteiger partial charge in [0.05, 0.1) is 19.0 Å². The van der Waals surface area contributed by atoms with Crippen LogP contribution in [0.3, 0.4) is 0 Å². The fourth-order valence-corrected chi connectivity index (χ4v) is 2.86. The molecule has 1 unspecified atom stereocenters. The molecule has 24 heavy (non-hydrogen) atoms. The minimum Gasteiger partial charge on any atom is -0.442 e. The molecule has 1 fully saturated rings. The van der Waals surface area contributed by atoms with Gasteiger partial charge in [-0.3, -0.25) is 4.79 Å². The molecule has 1 saturated heterocycles. The second kappa shape index (κ2) is 7.17. The molecule has 3 rings (SSSR count). The zero-order valence-corrected chi connectivity index (χ0v) is 13.5. The van der Waals surface area contributed by atoms with Gasteiger partial charge in [0, 0.05) is 7.05 Å². The first-order valence-corrected chi connectivity index (χ1v) is 7.94. The third kappa shape index (κ3) is 3.56. The Morgan fingerprint density at radius 2 is 1.67 bits per heavy atom. The quantitative estimate of drug-likeness (QED) is 0.919. The van der Waals surface area contributed by atoms with Gasteiger partial charge in [-0.15, -0.1) is 0 Å². The van der Waals surface area contributed by atoms with Crippen molar-refractivity contribution in [2.75, 3.05) is 20.1 Å². The van der Waals surface area contributed by atoms with Gasteiger partial charge in [0.1, 0.15) is 6.10 Å². The number of carbonyl (C=O) groups is 2. The molecule has 5 heteroatoms. The van der Waals surface area contributed by atoms with E-state index in [1.54, 1.807) is 7.05 Å². The lowest BCUT2D eigenvalue weighted by Crippen LogP contribution is -2.37. The number of amides is 2. The van der Waals surface area contributed by atoms with Crippen molar-refractivity contribution < 1.29 is 14.3 Å². The molecule has 0 bridgehead atoms. The van der Waals surface area contributed by atoms with Gasteiger partial charge in [-0.2, -0.15) is 0 Å². The van der Waals surface area contributed by atoms with Crippen LogP contribution >= 0.6 is 0 Å². The summed E-state index contributed by atoms with van der Waals surface area (Å²) in [7, 11) is 1.68. The van der Waals surface area contributed by atoms with E-state index in [1.165, 1.54) is 4.90 Å². The first kappa shape index (κ1) is 16.1. The maximum Gasteiger partial charge on any atom is 0.410 e. The fourth-order valence-electron chi connectivity index (χ4n) is 2.86. The Morgan fingerprint density at radius 3 is 2.12 bits per heavy atom. The molecule has 124 valence electrons. The SMILES string of the molecule is CN1CC(CNC(=O)C(c2ccccc2)c2ccccc2)OC1=O. The molecular formula is C19H20N2O3. The molecule has 2 aromatic carbocycles. The normalized spacial score (nSPS) is 17.0. The first-order chi connectivity index (χ1) is 11.6. The van der Waals surface area contributed by atoms with Gasteiger partial charge >= 0.3 is 6.09 Å². The summed E-state index contributed by atoms with van der Waals surface area (Å²) < 4.78 is 5.19. The first-order valence-electron chi connectivity index (χ1n) is 7.94. The summed E-state index contributed by atoms with van der Waals surface area (Å²) in [5.74, 6) is -0.486. The number of nitrogens with zero attached hydrogens (tertiary/aromatic N) is 1. The number of rotatable bonds is 5. The fraction of sp³-hybridized carbons (Fsp3) is 0.263. The predicted octanol–water partition coefficient (Wildman–Crippen LogP) is 2.39. The van der Waals surface area contributed by atoms with Crippen molar-refractivity contribution in [3.63, 3.8) is 0 Å². The smallest absolute Gasteiger partial charge is 0.410 e. The zero-order chi connectivity index (χ0) is 16.9. The number of likely N-dealkylation sites (N-methyl/N-ethyl adjacent to an activating group) is 1. The second-order valence-electron chi connectivity index (χ2n) is 5.89. The molecule has 5 nitrogen and oxygen atoms in total. The van der Waals surface area contributed by atoms with Gasteiger partial charge in [0.15, 0.2) is 0 Å². The Bertz CT molecular complexity index is 664. The highest BCUT2D eigenvalue weighted by Crippen LogP contribution is 2.24. The molecule has 0 saturated carbocycles. The summed E-state index contributed by atoms with van der Waals surface area (Å²) >= 11 is 0. The molecule has 1 aliphatic rings. The van der Waals surface area contributed by atoms with Crippen molar-refractivity contribution in [3.05, 3.63) is 71.8 Å².